The number of esters is 1. The van der Waals surface area contributed by atoms with Gasteiger partial charge in [0.25, 0.3) is 0 Å². The number of rotatable bonds is 5. The van der Waals surface area contributed by atoms with Crippen molar-refractivity contribution < 1.29 is 14.3 Å². The molecule has 0 unspecified atom stereocenters. The van der Waals surface area contributed by atoms with Gasteiger partial charge in [0.15, 0.2) is 5.78 Å². The van der Waals surface area contributed by atoms with E-state index >= 15 is 0 Å². The standard InChI is InChI=1S/C16H25NO3/c1-4-8-15-9-7-10-16(13(15)18,14(19)20-6-3)12-17(5-2)11-15/h4H,1,5-12H2,2-3H3/t15-,16-/m1/s1. The second-order valence-electron chi connectivity index (χ2n) is 6.06. The number of ether oxygens (including phenoxy) is 1. The molecule has 2 rings (SSSR count). The van der Waals surface area contributed by atoms with E-state index < -0.39 is 10.8 Å². The summed E-state index contributed by atoms with van der Waals surface area (Å²) in [6.45, 7) is 10.1. The van der Waals surface area contributed by atoms with Crippen LogP contribution in [-0.4, -0.2) is 42.9 Å². The number of Topliss-reactive ketones (excluding diaryl/α,β-unsaturated/α-hetero) is 1. The van der Waals surface area contributed by atoms with E-state index in [0.29, 0.717) is 26.0 Å². The average molecular weight is 279 g/mol. The molecule has 4 heteroatoms. The van der Waals surface area contributed by atoms with Crippen molar-refractivity contribution in [3.8, 4) is 0 Å². The van der Waals surface area contributed by atoms with Gasteiger partial charge in [-0.25, -0.2) is 0 Å². The predicted octanol–water partition coefficient (Wildman–Crippen LogP) is 2.19. The van der Waals surface area contributed by atoms with E-state index in [9.17, 15) is 9.59 Å². The smallest absolute Gasteiger partial charge is 0.320 e. The molecule has 1 aliphatic heterocycles. The van der Waals surface area contributed by atoms with Gasteiger partial charge >= 0.3 is 5.97 Å². The number of fused-ring (bicyclic) bond motifs is 2. The molecule has 1 saturated carbocycles. The third-order valence-electron chi connectivity index (χ3n) is 4.84. The minimum atomic E-state index is -0.939. The zero-order valence-corrected chi connectivity index (χ0v) is 12.6. The highest BCUT2D eigenvalue weighted by Gasteiger charge is 2.61. The molecule has 112 valence electrons. The highest BCUT2D eigenvalue weighted by Crippen LogP contribution is 2.50. The molecule has 0 aromatic rings. The molecule has 2 aliphatic rings. The maximum atomic E-state index is 13.0. The summed E-state index contributed by atoms with van der Waals surface area (Å²) in [6.07, 6.45) is 4.87. The van der Waals surface area contributed by atoms with Crippen molar-refractivity contribution in [2.45, 2.75) is 39.5 Å². The molecule has 0 amide bonds. The molecular formula is C16H25NO3. The Labute approximate surface area is 121 Å². The Morgan fingerprint density at radius 3 is 2.75 bits per heavy atom. The van der Waals surface area contributed by atoms with E-state index in [1.165, 1.54) is 0 Å². The van der Waals surface area contributed by atoms with E-state index in [0.717, 1.165) is 25.9 Å². The first kappa shape index (κ1) is 15.2. The molecule has 1 aliphatic carbocycles. The fourth-order valence-corrected chi connectivity index (χ4v) is 3.92. The highest BCUT2D eigenvalue weighted by molar-refractivity contribution is 6.08. The van der Waals surface area contributed by atoms with Gasteiger partial charge in [-0.05, 0) is 32.7 Å². The van der Waals surface area contributed by atoms with E-state index in [1.807, 2.05) is 6.08 Å². The zero-order valence-electron chi connectivity index (χ0n) is 12.6. The van der Waals surface area contributed by atoms with Gasteiger partial charge in [0.1, 0.15) is 5.41 Å². The normalized spacial score (nSPS) is 33.8. The van der Waals surface area contributed by atoms with Crippen LogP contribution in [0.2, 0.25) is 0 Å². The molecule has 0 aromatic carbocycles. The summed E-state index contributed by atoms with van der Waals surface area (Å²) in [5, 5.41) is 0. The number of likely N-dealkylation sites (tertiary alicyclic amines) is 1. The SMILES string of the molecule is C=CC[C@@]12CCC[C@@](C(=O)OCC)(CN(CC)C1)C2=O. The van der Waals surface area contributed by atoms with Gasteiger partial charge in [-0.2, -0.15) is 0 Å². The molecule has 20 heavy (non-hydrogen) atoms. The predicted molar refractivity (Wildman–Crippen MR) is 77.3 cm³/mol. The van der Waals surface area contributed by atoms with Crippen LogP contribution in [0.1, 0.15) is 39.5 Å². The first-order chi connectivity index (χ1) is 9.54. The summed E-state index contributed by atoms with van der Waals surface area (Å²) in [4.78, 5) is 27.7. The van der Waals surface area contributed by atoms with Gasteiger partial charge in [-0.1, -0.05) is 19.4 Å². The Kier molecular flexibility index (Phi) is 4.33. The molecule has 1 saturated heterocycles. The number of hydrogen-bond donors (Lipinski definition) is 0. The van der Waals surface area contributed by atoms with Crippen LogP contribution in [0.25, 0.3) is 0 Å². The Bertz CT molecular complexity index is 420. The topological polar surface area (TPSA) is 46.6 Å². The lowest BCUT2D eigenvalue weighted by Crippen LogP contribution is -2.65. The molecule has 0 N–H and O–H groups in total. The number of allylic oxidation sites excluding steroid dienone is 1. The van der Waals surface area contributed by atoms with E-state index in [2.05, 4.69) is 18.4 Å². The lowest BCUT2D eigenvalue weighted by molar-refractivity contribution is -0.176. The summed E-state index contributed by atoms with van der Waals surface area (Å²) >= 11 is 0. The third kappa shape index (κ3) is 2.20. The van der Waals surface area contributed by atoms with Gasteiger partial charge < -0.3 is 9.64 Å². The van der Waals surface area contributed by atoms with Crippen molar-refractivity contribution in [3.05, 3.63) is 12.7 Å². The average Bonchev–Trinajstić information content (AvgIpc) is 2.41. The maximum absolute atomic E-state index is 13.0. The van der Waals surface area contributed by atoms with Crippen molar-refractivity contribution in [3.63, 3.8) is 0 Å². The van der Waals surface area contributed by atoms with Crippen LogP contribution in [0, 0.1) is 10.8 Å². The largest absolute Gasteiger partial charge is 0.465 e. The summed E-state index contributed by atoms with van der Waals surface area (Å²) in [5.41, 5.74) is -1.37. The van der Waals surface area contributed by atoms with Crippen LogP contribution < -0.4 is 0 Å². The molecule has 4 nitrogen and oxygen atoms in total. The highest BCUT2D eigenvalue weighted by atomic mass is 16.5. The van der Waals surface area contributed by atoms with E-state index in [1.54, 1.807) is 6.92 Å². The summed E-state index contributed by atoms with van der Waals surface area (Å²) in [7, 11) is 0. The van der Waals surface area contributed by atoms with Crippen molar-refractivity contribution in [1.29, 1.82) is 0 Å². The first-order valence-corrected chi connectivity index (χ1v) is 7.60. The summed E-state index contributed by atoms with van der Waals surface area (Å²) < 4.78 is 5.23. The summed E-state index contributed by atoms with van der Waals surface area (Å²) in [5.74, 6) is -0.226. The minimum absolute atomic E-state index is 0.0966. The minimum Gasteiger partial charge on any atom is -0.465 e. The first-order valence-electron chi connectivity index (χ1n) is 7.60. The lowest BCUT2D eigenvalue weighted by Gasteiger charge is -2.52. The quantitative estimate of drug-likeness (QED) is 0.440. The lowest BCUT2D eigenvalue weighted by atomic mass is 9.56. The van der Waals surface area contributed by atoms with Crippen LogP contribution >= 0.6 is 0 Å². The van der Waals surface area contributed by atoms with Crippen LogP contribution in [0.5, 0.6) is 0 Å². The molecule has 0 spiro atoms. The van der Waals surface area contributed by atoms with Gasteiger partial charge in [0.05, 0.1) is 6.61 Å². The van der Waals surface area contributed by atoms with E-state index in [4.69, 9.17) is 4.74 Å². The van der Waals surface area contributed by atoms with Gasteiger partial charge in [0, 0.05) is 18.5 Å². The van der Waals surface area contributed by atoms with Crippen LogP contribution in [0.15, 0.2) is 12.7 Å². The van der Waals surface area contributed by atoms with Crippen LogP contribution in [-0.2, 0) is 14.3 Å². The second-order valence-corrected chi connectivity index (χ2v) is 6.06. The molecule has 2 fully saturated rings. The fourth-order valence-electron chi connectivity index (χ4n) is 3.92. The molecule has 1 heterocycles. The van der Waals surface area contributed by atoms with Crippen LogP contribution in [0.4, 0.5) is 0 Å². The number of carbonyl (C=O) groups excluding carboxylic acids is 2. The number of nitrogens with zero attached hydrogens (tertiary/aromatic N) is 1. The molecule has 2 bridgehead atoms. The molecule has 2 atom stereocenters. The molecular weight excluding hydrogens is 254 g/mol. The van der Waals surface area contributed by atoms with Crippen molar-refractivity contribution in [1.82, 2.24) is 4.90 Å². The monoisotopic (exact) mass is 279 g/mol. The van der Waals surface area contributed by atoms with E-state index in [-0.39, 0.29) is 11.8 Å². The maximum Gasteiger partial charge on any atom is 0.320 e. The second kappa shape index (κ2) is 5.68. The van der Waals surface area contributed by atoms with Crippen molar-refractivity contribution >= 4 is 11.8 Å². The van der Waals surface area contributed by atoms with Gasteiger partial charge in [0.2, 0.25) is 0 Å². The number of hydrogen-bond acceptors (Lipinski definition) is 4. The number of ketones is 1. The van der Waals surface area contributed by atoms with Gasteiger partial charge in [-0.15, -0.1) is 6.58 Å². The summed E-state index contributed by atoms with van der Waals surface area (Å²) in [6, 6.07) is 0. The Hall–Kier alpha value is -1.16. The number of piperidine rings is 1. The Morgan fingerprint density at radius 2 is 2.15 bits per heavy atom. The molecule has 0 radical (unpaired) electrons. The third-order valence-corrected chi connectivity index (χ3v) is 4.84. The van der Waals surface area contributed by atoms with Gasteiger partial charge in [-0.3, -0.25) is 9.59 Å². The fraction of sp³-hybridized carbons (Fsp3) is 0.750. The Morgan fingerprint density at radius 1 is 1.40 bits per heavy atom. The zero-order chi connectivity index (χ0) is 14.8. The van der Waals surface area contributed by atoms with Crippen molar-refractivity contribution in [2.75, 3.05) is 26.2 Å². The number of carbonyl (C=O) groups is 2. The van der Waals surface area contributed by atoms with Crippen molar-refractivity contribution in [2.24, 2.45) is 10.8 Å². The molecule has 0 aromatic heterocycles. The van der Waals surface area contributed by atoms with Crippen LogP contribution in [0.3, 0.4) is 0 Å². The Balaban J connectivity index is 2.40.